The van der Waals surface area contributed by atoms with E-state index in [2.05, 4.69) is 5.32 Å². The largest absolute Gasteiger partial charge is 0.497 e. The molecule has 0 bridgehead atoms. The number of Topliss-reactive ketones (excluding diaryl/α,β-unsaturated/α-hetero) is 1. The predicted octanol–water partition coefficient (Wildman–Crippen LogP) is 6.81. The van der Waals surface area contributed by atoms with Gasteiger partial charge in [0.1, 0.15) is 5.75 Å². The molecule has 1 aliphatic heterocycles. The maximum atomic E-state index is 14.0. The van der Waals surface area contributed by atoms with Crippen LogP contribution in [0.3, 0.4) is 0 Å². The number of halogens is 4. The van der Waals surface area contributed by atoms with Crippen molar-refractivity contribution in [3.05, 3.63) is 100 Å². The van der Waals surface area contributed by atoms with Gasteiger partial charge < -0.3 is 10.1 Å². The number of carbonyl (C=O) groups excluding carboxylic acids is 2. The Morgan fingerprint density at radius 1 is 1.00 bits per heavy atom. The molecular formula is C28H22ClF3N2O3. The highest BCUT2D eigenvalue weighted by Crippen LogP contribution is 2.48. The lowest BCUT2D eigenvalue weighted by Crippen LogP contribution is -2.45. The van der Waals surface area contributed by atoms with Crippen LogP contribution in [0, 0.1) is 0 Å². The van der Waals surface area contributed by atoms with Crippen LogP contribution in [-0.2, 0) is 9.59 Å². The molecule has 1 aliphatic carbocycles. The van der Waals surface area contributed by atoms with E-state index in [1.807, 2.05) is 12.1 Å². The summed E-state index contributed by atoms with van der Waals surface area (Å²) in [5.41, 5.74) is 2.18. The van der Waals surface area contributed by atoms with E-state index >= 15 is 0 Å². The van der Waals surface area contributed by atoms with E-state index in [1.165, 1.54) is 13.2 Å². The van der Waals surface area contributed by atoms with E-state index in [9.17, 15) is 22.8 Å². The van der Waals surface area contributed by atoms with Gasteiger partial charge >= 0.3 is 12.1 Å². The number of rotatable bonds is 3. The van der Waals surface area contributed by atoms with Crippen molar-refractivity contribution in [2.75, 3.05) is 17.3 Å². The number of hydrogen-bond donors (Lipinski definition) is 1. The molecule has 190 valence electrons. The van der Waals surface area contributed by atoms with E-state index in [-0.39, 0.29) is 29.4 Å². The van der Waals surface area contributed by atoms with Gasteiger partial charge in [-0.05, 0) is 59.9 Å². The zero-order valence-electron chi connectivity index (χ0n) is 19.7. The van der Waals surface area contributed by atoms with E-state index in [0.29, 0.717) is 39.0 Å². The van der Waals surface area contributed by atoms with Crippen LogP contribution in [-0.4, -0.2) is 25.0 Å². The highest BCUT2D eigenvalue weighted by Gasteiger charge is 2.50. The topological polar surface area (TPSA) is 58.6 Å². The normalized spacial score (nSPS) is 19.5. The minimum Gasteiger partial charge on any atom is -0.497 e. The number of anilines is 2. The predicted molar refractivity (Wildman–Crippen MR) is 135 cm³/mol. The van der Waals surface area contributed by atoms with Crippen LogP contribution in [0.1, 0.15) is 35.9 Å². The average molecular weight is 527 g/mol. The molecule has 9 heteroatoms. The lowest BCUT2D eigenvalue weighted by atomic mass is 9.78. The van der Waals surface area contributed by atoms with Crippen LogP contribution in [0.5, 0.6) is 5.75 Å². The molecule has 0 fully saturated rings. The first kappa shape index (κ1) is 24.9. The molecule has 0 unspecified atom stereocenters. The van der Waals surface area contributed by atoms with Crippen molar-refractivity contribution in [1.29, 1.82) is 0 Å². The fourth-order valence-electron chi connectivity index (χ4n) is 5.05. The van der Waals surface area contributed by atoms with Crippen LogP contribution >= 0.6 is 11.6 Å². The lowest BCUT2D eigenvalue weighted by molar-refractivity contribution is -0.170. The Labute approximate surface area is 216 Å². The third-order valence-electron chi connectivity index (χ3n) is 6.70. The Morgan fingerprint density at radius 3 is 2.43 bits per heavy atom. The summed E-state index contributed by atoms with van der Waals surface area (Å²) in [5, 5.41) is 3.77. The number of nitrogens with zero attached hydrogens (tertiary/aromatic N) is 1. The monoisotopic (exact) mass is 526 g/mol. The van der Waals surface area contributed by atoms with Gasteiger partial charge in [0, 0.05) is 22.7 Å². The highest BCUT2D eigenvalue weighted by molar-refractivity contribution is 6.30. The first-order valence-electron chi connectivity index (χ1n) is 11.6. The van der Waals surface area contributed by atoms with Gasteiger partial charge in [-0.1, -0.05) is 48.0 Å². The molecule has 1 amide bonds. The SMILES string of the molecule is COc1cccc([C@H]2C3=C(C[C@H](c4ccc(Cl)cc4)CC3=O)Nc3ccccc3N2C(=O)C(F)(F)F)c1. The van der Waals surface area contributed by atoms with Gasteiger partial charge in [0.05, 0.1) is 24.5 Å². The van der Waals surface area contributed by atoms with E-state index in [4.69, 9.17) is 16.3 Å². The summed E-state index contributed by atoms with van der Waals surface area (Å²) in [7, 11) is 1.44. The number of amides is 1. The standard InChI is InChI=1S/C28H22ClF3N2O3/c1-37-20-6-4-5-17(13-20)26-25-22(14-18(15-24(25)35)16-9-11-19(29)12-10-16)33-21-7-2-3-8-23(21)34(26)27(36)28(30,31)32/h2-13,18,26,33H,14-15H2,1H3/t18-,26-/m0/s1. The molecule has 3 aromatic carbocycles. The Kier molecular flexibility index (Phi) is 6.45. The molecule has 1 heterocycles. The summed E-state index contributed by atoms with van der Waals surface area (Å²) in [6.45, 7) is 0. The Morgan fingerprint density at radius 2 is 1.73 bits per heavy atom. The van der Waals surface area contributed by atoms with Crippen LogP contribution in [0.2, 0.25) is 5.02 Å². The smallest absolute Gasteiger partial charge is 0.471 e. The second kappa shape index (κ2) is 9.59. The Bertz CT molecular complexity index is 1400. The molecule has 0 saturated heterocycles. The summed E-state index contributed by atoms with van der Waals surface area (Å²) >= 11 is 6.03. The van der Waals surface area contributed by atoms with E-state index in [0.717, 1.165) is 5.56 Å². The number of ether oxygens (including phenoxy) is 1. The second-order valence-corrected chi connectivity index (χ2v) is 9.40. The van der Waals surface area contributed by atoms with Crippen molar-refractivity contribution in [2.24, 2.45) is 0 Å². The maximum absolute atomic E-state index is 14.0. The molecule has 0 spiro atoms. The summed E-state index contributed by atoms with van der Waals surface area (Å²) < 4.78 is 47.3. The number of nitrogens with one attached hydrogen (secondary N) is 1. The second-order valence-electron chi connectivity index (χ2n) is 8.97. The van der Waals surface area contributed by atoms with Gasteiger partial charge in [-0.15, -0.1) is 0 Å². The number of allylic oxidation sites excluding steroid dienone is 1. The summed E-state index contributed by atoms with van der Waals surface area (Å²) in [6, 6.07) is 18.5. The van der Waals surface area contributed by atoms with Gasteiger partial charge in [0.2, 0.25) is 0 Å². The first-order valence-corrected chi connectivity index (χ1v) is 12.0. The number of methoxy groups -OCH3 is 1. The Hall–Kier alpha value is -3.78. The van der Waals surface area contributed by atoms with Crippen molar-refractivity contribution < 1.29 is 27.5 Å². The third-order valence-corrected chi connectivity index (χ3v) is 6.95. The third kappa shape index (κ3) is 4.69. The van der Waals surface area contributed by atoms with Gasteiger partial charge in [-0.2, -0.15) is 13.2 Å². The Balaban J connectivity index is 1.73. The number of ketones is 1. The molecule has 5 rings (SSSR count). The van der Waals surface area contributed by atoms with Crippen molar-refractivity contribution in [1.82, 2.24) is 0 Å². The van der Waals surface area contributed by atoms with Gasteiger partial charge in [-0.25, -0.2) is 0 Å². The first-order chi connectivity index (χ1) is 17.7. The van der Waals surface area contributed by atoms with Crippen molar-refractivity contribution >= 4 is 34.7 Å². The number of carbonyl (C=O) groups is 2. The maximum Gasteiger partial charge on any atom is 0.471 e. The minimum absolute atomic E-state index is 0.0305. The van der Waals surface area contributed by atoms with Crippen molar-refractivity contribution in [3.8, 4) is 5.75 Å². The summed E-state index contributed by atoms with van der Waals surface area (Å²) in [4.78, 5) is 27.4. The fourth-order valence-corrected chi connectivity index (χ4v) is 5.17. The van der Waals surface area contributed by atoms with Gasteiger partial charge in [-0.3, -0.25) is 14.5 Å². The van der Waals surface area contributed by atoms with Gasteiger partial charge in [0.15, 0.2) is 5.78 Å². The van der Waals surface area contributed by atoms with Crippen LogP contribution in [0.25, 0.3) is 0 Å². The van der Waals surface area contributed by atoms with Crippen LogP contribution in [0.15, 0.2) is 84.1 Å². The fraction of sp³-hybridized carbons (Fsp3) is 0.214. The molecule has 2 aliphatic rings. The van der Waals surface area contributed by atoms with Crippen molar-refractivity contribution in [3.63, 3.8) is 0 Å². The average Bonchev–Trinajstić information content (AvgIpc) is 3.02. The number of hydrogen-bond acceptors (Lipinski definition) is 4. The van der Waals surface area contributed by atoms with E-state index in [1.54, 1.807) is 54.6 Å². The molecule has 2 atom stereocenters. The highest BCUT2D eigenvalue weighted by atomic mass is 35.5. The van der Waals surface area contributed by atoms with Crippen LogP contribution < -0.4 is 15.0 Å². The molecule has 5 nitrogen and oxygen atoms in total. The van der Waals surface area contributed by atoms with Crippen LogP contribution in [0.4, 0.5) is 24.5 Å². The lowest BCUT2D eigenvalue weighted by Gasteiger charge is -2.35. The molecule has 37 heavy (non-hydrogen) atoms. The molecule has 0 aromatic heterocycles. The number of alkyl halides is 3. The summed E-state index contributed by atoms with van der Waals surface area (Å²) in [6.07, 6.45) is -4.72. The molecular weight excluding hydrogens is 505 g/mol. The van der Waals surface area contributed by atoms with Gasteiger partial charge in [0.25, 0.3) is 0 Å². The molecule has 0 radical (unpaired) electrons. The molecule has 3 aromatic rings. The van der Waals surface area contributed by atoms with E-state index < -0.39 is 18.1 Å². The summed E-state index contributed by atoms with van der Waals surface area (Å²) in [5.74, 6) is -2.21. The quantitative estimate of drug-likeness (QED) is 0.407. The number of benzene rings is 3. The van der Waals surface area contributed by atoms with Crippen molar-refractivity contribution in [2.45, 2.75) is 31.0 Å². The minimum atomic E-state index is -5.17. The zero-order chi connectivity index (χ0) is 26.3. The molecule has 1 N–H and O–H groups in total. The zero-order valence-corrected chi connectivity index (χ0v) is 20.4. The molecule has 0 saturated carbocycles. The number of fused-ring (bicyclic) bond motifs is 1. The number of para-hydroxylation sites is 2.